The normalized spacial score (nSPS) is 24.6. The maximum absolute atomic E-state index is 15.1. The van der Waals surface area contributed by atoms with Gasteiger partial charge in [-0.25, -0.2) is 13.2 Å². The monoisotopic (exact) mass is 502 g/mol. The number of hydrogen-bond acceptors (Lipinski definition) is 2. The predicted octanol–water partition coefficient (Wildman–Crippen LogP) is 9.38. The van der Waals surface area contributed by atoms with Crippen LogP contribution in [0.1, 0.15) is 119 Å². The van der Waals surface area contributed by atoms with Crippen LogP contribution in [0.25, 0.3) is 0 Å². The fourth-order valence-electron chi connectivity index (χ4n) is 5.75. The second kappa shape index (κ2) is 13.0. The van der Waals surface area contributed by atoms with Crippen molar-refractivity contribution in [1.29, 1.82) is 0 Å². The van der Waals surface area contributed by atoms with Gasteiger partial charge in [-0.1, -0.05) is 70.6 Å². The van der Waals surface area contributed by atoms with Crippen molar-refractivity contribution in [3.05, 3.63) is 64.5 Å². The largest absolute Gasteiger partial charge is 0.491 e. The molecule has 198 valence electrons. The lowest BCUT2D eigenvalue weighted by molar-refractivity contribution is -0.0000206. The number of rotatable bonds is 10. The van der Waals surface area contributed by atoms with Crippen molar-refractivity contribution in [1.82, 2.24) is 0 Å². The zero-order chi connectivity index (χ0) is 25.5. The Morgan fingerprint density at radius 2 is 1.50 bits per heavy atom. The molecule has 0 radical (unpaired) electrons. The van der Waals surface area contributed by atoms with Crippen LogP contribution in [0.15, 0.2) is 30.3 Å². The van der Waals surface area contributed by atoms with E-state index in [0.717, 1.165) is 50.5 Å². The molecule has 1 saturated heterocycles. The summed E-state index contributed by atoms with van der Waals surface area (Å²) in [6.45, 7) is 5.27. The quantitative estimate of drug-likeness (QED) is 0.301. The summed E-state index contributed by atoms with van der Waals surface area (Å²) in [6, 6.07) is 8.60. The molecule has 0 N–H and O–H groups in total. The lowest BCUT2D eigenvalue weighted by Crippen LogP contribution is -2.21. The van der Waals surface area contributed by atoms with E-state index in [0.29, 0.717) is 36.7 Å². The van der Waals surface area contributed by atoms with E-state index < -0.39 is 17.7 Å². The van der Waals surface area contributed by atoms with Crippen molar-refractivity contribution in [2.75, 3.05) is 13.2 Å². The second-order valence-electron chi connectivity index (χ2n) is 10.9. The first-order valence-corrected chi connectivity index (χ1v) is 14.0. The summed E-state index contributed by atoms with van der Waals surface area (Å²) in [4.78, 5) is 0. The van der Waals surface area contributed by atoms with Crippen molar-refractivity contribution in [3.63, 3.8) is 0 Å². The van der Waals surface area contributed by atoms with Crippen LogP contribution in [0, 0.1) is 23.4 Å². The molecule has 2 fully saturated rings. The highest BCUT2D eigenvalue weighted by Crippen LogP contribution is 2.41. The van der Waals surface area contributed by atoms with E-state index >= 15 is 8.78 Å². The van der Waals surface area contributed by atoms with Crippen LogP contribution < -0.4 is 4.74 Å². The third-order valence-electron chi connectivity index (χ3n) is 8.15. The Morgan fingerprint density at radius 3 is 2.19 bits per heavy atom. The Kier molecular flexibility index (Phi) is 9.75. The molecular formula is C31H41F3O2. The molecule has 0 bridgehead atoms. The van der Waals surface area contributed by atoms with Crippen LogP contribution in [-0.4, -0.2) is 13.2 Å². The zero-order valence-electron chi connectivity index (χ0n) is 21.8. The minimum absolute atomic E-state index is 0.0234. The van der Waals surface area contributed by atoms with Gasteiger partial charge in [-0.2, -0.15) is 0 Å². The Bertz CT molecular complexity index is 976. The van der Waals surface area contributed by atoms with E-state index in [1.165, 1.54) is 25.3 Å². The van der Waals surface area contributed by atoms with Crippen LogP contribution in [0.3, 0.4) is 0 Å². The molecule has 1 heterocycles. The summed E-state index contributed by atoms with van der Waals surface area (Å²) in [5.41, 5.74) is 1.66. The van der Waals surface area contributed by atoms with Crippen molar-refractivity contribution in [2.24, 2.45) is 5.92 Å². The second-order valence-corrected chi connectivity index (χ2v) is 10.9. The fourth-order valence-corrected chi connectivity index (χ4v) is 5.75. The molecule has 0 aromatic heterocycles. The predicted molar refractivity (Wildman–Crippen MR) is 138 cm³/mol. The summed E-state index contributed by atoms with van der Waals surface area (Å²) in [7, 11) is 0. The number of benzene rings is 2. The van der Waals surface area contributed by atoms with Gasteiger partial charge in [0.25, 0.3) is 0 Å². The minimum atomic E-state index is -0.767. The third-order valence-corrected chi connectivity index (χ3v) is 8.15. The number of hydrogen-bond donors (Lipinski definition) is 0. The van der Waals surface area contributed by atoms with E-state index in [2.05, 4.69) is 13.8 Å². The molecule has 2 unspecified atom stereocenters. The van der Waals surface area contributed by atoms with E-state index in [-0.39, 0.29) is 23.4 Å². The van der Waals surface area contributed by atoms with Gasteiger partial charge in [0, 0.05) is 11.5 Å². The van der Waals surface area contributed by atoms with Gasteiger partial charge in [-0.3, -0.25) is 0 Å². The number of unbranched alkanes of at least 4 members (excludes halogenated alkanes) is 4. The van der Waals surface area contributed by atoms with Gasteiger partial charge < -0.3 is 9.47 Å². The summed E-state index contributed by atoms with van der Waals surface area (Å²) in [5.74, 6) is -0.760. The van der Waals surface area contributed by atoms with Crippen molar-refractivity contribution in [3.8, 4) is 5.75 Å². The molecule has 1 saturated carbocycles. The van der Waals surface area contributed by atoms with E-state index in [9.17, 15) is 4.39 Å². The van der Waals surface area contributed by atoms with Crippen LogP contribution in [0.4, 0.5) is 13.2 Å². The summed E-state index contributed by atoms with van der Waals surface area (Å²) in [6.07, 6.45) is 10.4. The summed E-state index contributed by atoms with van der Waals surface area (Å²) >= 11 is 0. The van der Waals surface area contributed by atoms with Crippen LogP contribution in [0.2, 0.25) is 0 Å². The molecule has 1 aliphatic heterocycles. The third kappa shape index (κ3) is 6.65. The highest BCUT2D eigenvalue weighted by Gasteiger charge is 2.30. The van der Waals surface area contributed by atoms with Gasteiger partial charge in [-0.05, 0) is 67.2 Å². The minimum Gasteiger partial charge on any atom is -0.491 e. The Balaban J connectivity index is 1.31. The van der Waals surface area contributed by atoms with Crippen molar-refractivity contribution >= 4 is 0 Å². The zero-order valence-corrected chi connectivity index (χ0v) is 21.8. The molecule has 2 nitrogen and oxygen atoms in total. The van der Waals surface area contributed by atoms with Gasteiger partial charge in [-0.15, -0.1) is 0 Å². The maximum Gasteiger partial charge on any atom is 0.165 e. The first-order chi connectivity index (χ1) is 17.5. The first-order valence-electron chi connectivity index (χ1n) is 14.0. The average Bonchev–Trinajstić information content (AvgIpc) is 2.89. The fraction of sp³-hybridized carbons (Fsp3) is 0.613. The lowest BCUT2D eigenvalue weighted by Gasteiger charge is -2.31. The van der Waals surface area contributed by atoms with Crippen LogP contribution in [-0.2, 0) is 4.74 Å². The smallest absolute Gasteiger partial charge is 0.165 e. The molecule has 2 aromatic carbocycles. The van der Waals surface area contributed by atoms with Crippen molar-refractivity contribution in [2.45, 2.75) is 102 Å². The molecule has 0 amide bonds. The first kappa shape index (κ1) is 27.0. The van der Waals surface area contributed by atoms with Gasteiger partial charge in [0.05, 0.1) is 19.3 Å². The van der Waals surface area contributed by atoms with Gasteiger partial charge in [0.1, 0.15) is 0 Å². The molecule has 36 heavy (non-hydrogen) atoms. The summed E-state index contributed by atoms with van der Waals surface area (Å²) < 4.78 is 56.3. The number of halogens is 3. The highest BCUT2D eigenvalue weighted by atomic mass is 19.2. The van der Waals surface area contributed by atoms with Crippen LogP contribution >= 0.6 is 0 Å². The maximum atomic E-state index is 15.1. The highest BCUT2D eigenvalue weighted by molar-refractivity contribution is 5.33. The number of ether oxygens (including phenoxy) is 2. The Morgan fingerprint density at radius 1 is 0.806 bits per heavy atom. The summed E-state index contributed by atoms with van der Waals surface area (Å²) in [5, 5.41) is 0. The standard InChI is InChI=1S/C31H41F3O2/c1-3-4-5-6-7-18-35-29-17-12-23(19-27(29)32)24-13-16-28(36-20-24)26-15-14-25(30(33)31(26)34)22-10-8-21(2)9-11-22/h12,14-15,17,19,21-22,24,28H,3-11,13,16,18,20H2,1-2H3. The molecule has 0 spiro atoms. The molecule has 2 aliphatic rings. The van der Waals surface area contributed by atoms with E-state index in [1.54, 1.807) is 18.2 Å². The van der Waals surface area contributed by atoms with E-state index in [1.807, 2.05) is 6.07 Å². The average molecular weight is 503 g/mol. The molecule has 4 rings (SSSR count). The molecule has 2 aromatic rings. The topological polar surface area (TPSA) is 18.5 Å². The van der Waals surface area contributed by atoms with Gasteiger partial charge in [0.2, 0.25) is 0 Å². The van der Waals surface area contributed by atoms with Gasteiger partial charge >= 0.3 is 0 Å². The lowest BCUT2D eigenvalue weighted by atomic mass is 9.79. The SMILES string of the molecule is CCCCCCCOc1ccc(C2CCC(c3ccc(C4CCC(C)CC4)c(F)c3F)OC2)cc1F. The molecule has 5 heteroatoms. The molecular weight excluding hydrogens is 461 g/mol. The van der Waals surface area contributed by atoms with Gasteiger partial charge in [0.15, 0.2) is 23.2 Å². The van der Waals surface area contributed by atoms with Crippen molar-refractivity contribution < 1.29 is 22.6 Å². The van der Waals surface area contributed by atoms with Crippen LogP contribution in [0.5, 0.6) is 5.75 Å². The van der Waals surface area contributed by atoms with E-state index in [4.69, 9.17) is 9.47 Å². The molecule has 2 atom stereocenters. The molecule has 1 aliphatic carbocycles. The Hall–Kier alpha value is -2.01. The Labute approximate surface area is 214 Å².